The molecule has 1 atom stereocenters. The van der Waals surface area contributed by atoms with Gasteiger partial charge in [-0.3, -0.25) is 10.2 Å². The normalized spacial score (nSPS) is 19.1. The highest BCUT2D eigenvalue weighted by molar-refractivity contribution is 5.87. The second-order valence-corrected chi connectivity index (χ2v) is 7.11. The molecule has 1 amide bonds. The molecule has 3 heterocycles. The first kappa shape index (κ1) is 17.8. The van der Waals surface area contributed by atoms with Crippen molar-refractivity contribution in [3.05, 3.63) is 53.7 Å². The zero-order chi connectivity index (χ0) is 18.6. The van der Waals surface area contributed by atoms with E-state index in [4.69, 9.17) is 4.74 Å². The lowest BCUT2D eigenvalue weighted by Crippen LogP contribution is -2.55. The highest BCUT2D eigenvalue weighted by Crippen LogP contribution is 2.35. The van der Waals surface area contributed by atoms with Crippen molar-refractivity contribution in [3.8, 4) is 0 Å². The lowest BCUT2D eigenvalue weighted by atomic mass is 9.95. The molecule has 0 radical (unpaired) electrons. The van der Waals surface area contributed by atoms with E-state index in [9.17, 15) is 4.79 Å². The molecule has 1 N–H and O–H groups in total. The van der Waals surface area contributed by atoms with E-state index in [1.165, 1.54) is 5.56 Å². The number of amides is 1. The SMILES string of the molecule is CCOC(=O)Nc1ccnc2c1CCC1CN(Cc3ccccc3)CCN21. The first-order valence-electron chi connectivity index (χ1n) is 9.69. The zero-order valence-electron chi connectivity index (χ0n) is 15.7. The number of carbonyl (C=O) groups excluding carboxylic acids is 1. The Bertz CT molecular complexity index is 796. The molecule has 1 fully saturated rings. The van der Waals surface area contributed by atoms with E-state index < -0.39 is 6.09 Å². The van der Waals surface area contributed by atoms with Crippen LogP contribution in [-0.2, 0) is 17.7 Å². The molecule has 0 bridgehead atoms. The summed E-state index contributed by atoms with van der Waals surface area (Å²) in [7, 11) is 0. The maximum absolute atomic E-state index is 11.8. The van der Waals surface area contributed by atoms with Crippen LogP contribution in [0.2, 0.25) is 0 Å². The standard InChI is InChI=1S/C21H26N4O2/c1-2-27-21(26)23-19-10-11-22-20-18(19)9-8-17-15-24(12-13-25(17)20)14-16-6-4-3-5-7-16/h3-7,10-11,17H,2,8-9,12-15H2,1H3,(H,22,23,26). The molecule has 6 nitrogen and oxygen atoms in total. The van der Waals surface area contributed by atoms with Crippen LogP contribution in [0.3, 0.4) is 0 Å². The van der Waals surface area contributed by atoms with Crippen LogP contribution in [0, 0.1) is 0 Å². The van der Waals surface area contributed by atoms with E-state index >= 15 is 0 Å². The lowest BCUT2D eigenvalue weighted by molar-refractivity contribution is 0.168. The van der Waals surface area contributed by atoms with Crippen molar-refractivity contribution in [1.82, 2.24) is 9.88 Å². The van der Waals surface area contributed by atoms with Gasteiger partial charge in [0.1, 0.15) is 5.82 Å². The number of piperazine rings is 1. The minimum atomic E-state index is -0.402. The number of fused-ring (bicyclic) bond motifs is 3. The summed E-state index contributed by atoms with van der Waals surface area (Å²) < 4.78 is 5.02. The number of pyridine rings is 1. The quantitative estimate of drug-likeness (QED) is 0.900. The number of nitrogens with one attached hydrogen (secondary N) is 1. The number of aromatic nitrogens is 1. The zero-order valence-corrected chi connectivity index (χ0v) is 15.7. The largest absolute Gasteiger partial charge is 0.450 e. The monoisotopic (exact) mass is 366 g/mol. The van der Waals surface area contributed by atoms with Gasteiger partial charge in [-0.25, -0.2) is 9.78 Å². The Morgan fingerprint density at radius 1 is 1.26 bits per heavy atom. The van der Waals surface area contributed by atoms with E-state index in [1.807, 2.05) is 6.07 Å². The van der Waals surface area contributed by atoms with Crippen LogP contribution in [0.4, 0.5) is 16.3 Å². The Morgan fingerprint density at radius 2 is 2.11 bits per heavy atom. The second-order valence-electron chi connectivity index (χ2n) is 7.11. The lowest BCUT2D eigenvalue weighted by Gasteiger charge is -2.45. The minimum Gasteiger partial charge on any atom is -0.450 e. The van der Waals surface area contributed by atoms with E-state index in [2.05, 4.69) is 50.4 Å². The number of nitrogens with zero attached hydrogens (tertiary/aromatic N) is 3. The van der Waals surface area contributed by atoms with Gasteiger partial charge in [-0.05, 0) is 31.4 Å². The van der Waals surface area contributed by atoms with Gasteiger partial charge in [0, 0.05) is 44.0 Å². The third-order valence-electron chi connectivity index (χ3n) is 5.36. The number of anilines is 2. The van der Waals surface area contributed by atoms with Gasteiger partial charge >= 0.3 is 6.09 Å². The molecule has 2 aliphatic heterocycles. The Hall–Kier alpha value is -2.60. The highest BCUT2D eigenvalue weighted by Gasteiger charge is 2.33. The fourth-order valence-electron chi connectivity index (χ4n) is 4.11. The van der Waals surface area contributed by atoms with E-state index in [1.54, 1.807) is 13.1 Å². The van der Waals surface area contributed by atoms with Crippen LogP contribution >= 0.6 is 0 Å². The molecule has 1 unspecified atom stereocenters. The van der Waals surface area contributed by atoms with Crippen LogP contribution in [0.25, 0.3) is 0 Å². The van der Waals surface area contributed by atoms with Crippen molar-refractivity contribution in [2.24, 2.45) is 0 Å². The number of rotatable bonds is 4. The van der Waals surface area contributed by atoms with Gasteiger partial charge in [-0.1, -0.05) is 30.3 Å². The second kappa shape index (κ2) is 7.96. The minimum absolute atomic E-state index is 0.366. The predicted molar refractivity (Wildman–Crippen MR) is 106 cm³/mol. The Labute approximate surface area is 160 Å². The van der Waals surface area contributed by atoms with Crippen LogP contribution in [0.5, 0.6) is 0 Å². The smallest absolute Gasteiger partial charge is 0.411 e. The van der Waals surface area contributed by atoms with Gasteiger partial charge in [-0.15, -0.1) is 0 Å². The van der Waals surface area contributed by atoms with Crippen molar-refractivity contribution in [1.29, 1.82) is 0 Å². The number of benzene rings is 1. The Kier molecular flexibility index (Phi) is 5.25. The first-order valence-corrected chi connectivity index (χ1v) is 9.69. The fourth-order valence-corrected chi connectivity index (χ4v) is 4.11. The molecule has 4 rings (SSSR count). The molecule has 142 valence electrons. The molecule has 6 heteroatoms. The van der Waals surface area contributed by atoms with Gasteiger partial charge in [0.05, 0.1) is 12.3 Å². The van der Waals surface area contributed by atoms with Crippen molar-refractivity contribution in [2.75, 3.05) is 36.5 Å². The average Bonchev–Trinajstić information content (AvgIpc) is 2.69. The molecule has 27 heavy (non-hydrogen) atoms. The van der Waals surface area contributed by atoms with Crippen LogP contribution in [-0.4, -0.2) is 48.3 Å². The number of carbonyl (C=O) groups is 1. The number of ether oxygens (including phenoxy) is 1. The van der Waals surface area contributed by atoms with Crippen molar-refractivity contribution in [3.63, 3.8) is 0 Å². The molecule has 2 aromatic rings. The summed E-state index contributed by atoms with van der Waals surface area (Å²) >= 11 is 0. The maximum Gasteiger partial charge on any atom is 0.411 e. The Morgan fingerprint density at radius 3 is 2.93 bits per heavy atom. The maximum atomic E-state index is 11.8. The number of hydrogen-bond acceptors (Lipinski definition) is 5. The van der Waals surface area contributed by atoms with Gasteiger partial charge in [0.25, 0.3) is 0 Å². The van der Waals surface area contributed by atoms with Gasteiger partial charge in [0.2, 0.25) is 0 Å². The molecule has 0 spiro atoms. The van der Waals surface area contributed by atoms with Crippen LogP contribution < -0.4 is 10.2 Å². The van der Waals surface area contributed by atoms with E-state index in [0.29, 0.717) is 12.6 Å². The van der Waals surface area contributed by atoms with Crippen LogP contribution in [0.1, 0.15) is 24.5 Å². The third-order valence-corrected chi connectivity index (χ3v) is 5.36. The first-order chi connectivity index (χ1) is 13.2. The summed E-state index contributed by atoms with van der Waals surface area (Å²) in [5, 5.41) is 2.87. The molecular formula is C21H26N4O2. The summed E-state index contributed by atoms with van der Waals surface area (Å²) in [5.41, 5.74) is 3.31. The fraction of sp³-hybridized carbons (Fsp3) is 0.429. The van der Waals surface area contributed by atoms with E-state index in [-0.39, 0.29) is 0 Å². The Balaban J connectivity index is 1.47. The molecule has 1 aromatic heterocycles. The molecule has 0 saturated carbocycles. The summed E-state index contributed by atoms with van der Waals surface area (Å²) in [5.74, 6) is 1.01. The molecule has 1 aromatic carbocycles. The van der Waals surface area contributed by atoms with E-state index in [0.717, 1.165) is 56.1 Å². The molecule has 0 aliphatic carbocycles. The predicted octanol–water partition coefficient (Wildman–Crippen LogP) is 3.29. The molecule has 2 aliphatic rings. The average molecular weight is 366 g/mol. The summed E-state index contributed by atoms with van der Waals surface area (Å²) in [4.78, 5) is 21.4. The topological polar surface area (TPSA) is 57.7 Å². The van der Waals surface area contributed by atoms with Gasteiger partial charge < -0.3 is 9.64 Å². The molecule has 1 saturated heterocycles. The van der Waals surface area contributed by atoms with Crippen LogP contribution in [0.15, 0.2) is 42.6 Å². The van der Waals surface area contributed by atoms with Crippen molar-refractivity contribution < 1.29 is 9.53 Å². The van der Waals surface area contributed by atoms with Crippen molar-refractivity contribution in [2.45, 2.75) is 32.4 Å². The number of hydrogen-bond donors (Lipinski definition) is 1. The third kappa shape index (κ3) is 3.90. The highest BCUT2D eigenvalue weighted by atomic mass is 16.5. The molecular weight excluding hydrogens is 340 g/mol. The van der Waals surface area contributed by atoms with Gasteiger partial charge in [0.15, 0.2) is 0 Å². The summed E-state index contributed by atoms with van der Waals surface area (Å²) in [6.45, 7) is 6.19. The van der Waals surface area contributed by atoms with Gasteiger partial charge in [-0.2, -0.15) is 0 Å². The van der Waals surface area contributed by atoms with Crippen molar-refractivity contribution >= 4 is 17.6 Å². The summed E-state index contributed by atoms with van der Waals surface area (Å²) in [6.07, 6.45) is 3.37. The summed E-state index contributed by atoms with van der Waals surface area (Å²) in [6, 6.07) is 13.0.